The average Bonchev–Trinajstić information content (AvgIpc) is 2.72. The number of aldehydes is 1. The molecule has 0 fully saturated rings. The van der Waals surface area contributed by atoms with E-state index in [4.69, 9.17) is 0 Å². The summed E-state index contributed by atoms with van der Waals surface area (Å²) in [5.41, 5.74) is 2.14. The highest BCUT2D eigenvalue weighted by molar-refractivity contribution is 5.97. The third-order valence-corrected chi connectivity index (χ3v) is 4.40. The lowest BCUT2D eigenvalue weighted by Crippen LogP contribution is -2.11. The Bertz CT molecular complexity index is 996. The number of hydrogen-bond donors (Lipinski definition) is 1. The topological polar surface area (TPSA) is 29.1 Å². The van der Waals surface area contributed by atoms with Crippen LogP contribution in [0.3, 0.4) is 0 Å². The minimum Gasteiger partial charge on any atom is -0.313 e. The lowest BCUT2D eigenvalue weighted by Gasteiger charge is -2.06. The zero-order valence-electron chi connectivity index (χ0n) is 15.0. The molecular weight excluding hydrogens is 318 g/mol. The average molecular weight is 341 g/mol. The molecule has 0 aromatic heterocycles. The van der Waals surface area contributed by atoms with Gasteiger partial charge in [-0.05, 0) is 33.7 Å². The molecule has 0 aliphatic carbocycles. The minimum absolute atomic E-state index is 0.758. The van der Waals surface area contributed by atoms with E-state index >= 15 is 0 Å². The lowest BCUT2D eigenvalue weighted by molar-refractivity contribution is 0.112. The number of nitrogens with one attached hydrogen (secondary N) is 1. The molecule has 0 unspecified atom stereocenters. The molecular formula is C24H23NO. The zero-order chi connectivity index (χ0) is 18.2. The van der Waals surface area contributed by atoms with E-state index in [-0.39, 0.29) is 0 Å². The van der Waals surface area contributed by atoms with Gasteiger partial charge in [-0.25, -0.2) is 0 Å². The molecule has 2 nitrogen and oxygen atoms in total. The molecule has 0 aliphatic rings. The maximum absolute atomic E-state index is 10.6. The normalized spacial score (nSPS) is 10.3. The molecule has 4 aromatic carbocycles. The van der Waals surface area contributed by atoms with Crippen LogP contribution in [0.15, 0.2) is 84.9 Å². The molecule has 0 radical (unpaired) electrons. The lowest BCUT2D eigenvalue weighted by atomic mass is 10.0. The molecule has 0 amide bonds. The van der Waals surface area contributed by atoms with Gasteiger partial charge in [0.2, 0.25) is 0 Å². The molecule has 0 aliphatic heterocycles. The SMILES string of the molecule is CCNCc1cccc2ccccc12.O=Cc1cccc2ccccc12. The van der Waals surface area contributed by atoms with Gasteiger partial charge in [0, 0.05) is 12.1 Å². The van der Waals surface area contributed by atoms with E-state index in [9.17, 15) is 4.79 Å². The fourth-order valence-electron chi connectivity index (χ4n) is 3.06. The Labute approximate surface area is 154 Å². The number of carbonyl (C=O) groups excluding carboxylic acids is 1. The highest BCUT2D eigenvalue weighted by Crippen LogP contribution is 2.18. The fraction of sp³-hybridized carbons (Fsp3) is 0.125. The van der Waals surface area contributed by atoms with Gasteiger partial charge in [0.25, 0.3) is 0 Å². The van der Waals surface area contributed by atoms with Gasteiger partial charge in [-0.2, -0.15) is 0 Å². The molecule has 0 spiro atoms. The van der Waals surface area contributed by atoms with E-state index in [0.717, 1.165) is 35.7 Å². The maximum Gasteiger partial charge on any atom is 0.150 e. The number of fused-ring (bicyclic) bond motifs is 2. The number of benzene rings is 4. The van der Waals surface area contributed by atoms with Crippen LogP contribution in [-0.2, 0) is 6.54 Å². The van der Waals surface area contributed by atoms with Gasteiger partial charge in [0.15, 0.2) is 6.29 Å². The molecule has 4 rings (SSSR count). The van der Waals surface area contributed by atoms with Gasteiger partial charge in [0.05, 0.1) is 0 Å². The van der Waals surface area contributed by atoms with Crippen LogP contribution in [0.5, 0.6) is 0 Å². The first-order valence-electron chi connectivity index (χ1n) is 8.93. The molecule has 2 heteroatoms. The third kappa shape index (κ3) is 4.16. The second-order valence-corrected chi connectivity index (χ2v) is 6.10. The van der Waals surface area contributed by atoms with Crippen molar-refractivity contribution in [2.24, 2.45) is 0 Å². The fourth-order valence-corrected chi connectivity index (χ4v) is 3.06. The van der Waals surface area contributed by atoms with E-state index in [1.165, 1.54) is 16.3 Å². The van der Waals surface area contributed by atoms with Gasteiger partial charge >= 0.3 is 0 Å². The van der Waals surface area contributed by atoms with Crippen LogP contribution >= 0.6 is 0 Å². The van der Waals surface area contributed by atoms with Gasteiger partial charge < -0.3 is 5.32 Å². The predicted molar refractivity (Wildman–Crippen MR) is 111 cm³/mol. The van der Waals surface area contributed by atoms with Crippen molar-refractivity contribution < 1.29 is 4.79 Å². The van der Waals surface area contributed by atoms with Crippen molar-refractivity contribution in [3.8, 4) is 0 Å². The second-order valence-electron chi connectivity index (χ2n) is 6.10. The Hall–Kier alpha value is -2.97. The quantitative estimate of drug-likeness (QED) is 0.489. The number of hydrogen-bond acceptors (Lipinski definition) is 2. The summed E-state index contributed by atoms with van der Waals surface area (Å²) >= 11 is 0. The molecule has 130 valence electrons. The summed E-state index contributed by atoms with van der Waals surface area (Å²) in [6, 6.07) is 28.6. The van der Waals surface area contributed by atoms with E-state index in [1.807, 2.05) is 42.5 Å². The maximum atomic E-state index is 10.6. The number of carbonyl (C=O) groups is 1. The Morgan fingerprint density at radius 2 is 1.31 bits per heavy atom. The summed E-state index contributed by atoms with van der Waals surface area (Å²) in [5.74, 6) is 0. The Morgan fingerprint density at radius 3 is 2.00 bits per heavy atom. The monoisotopic (exact) mass is 341 g/mol. The van der Waals surface area contributed by atoms with Crippen molar-refractivity contribution in [2.75, 3.05) is 6.54 Å². The van der Waals surface area contributed by atoms with Gasteiger partial charge in [0.1, 0.15) is 0 Å². The smallest absolute Gasteiger partial charge is 0.150 e. The summed E-state index contributed by atoms with van der Waals surface area (Å²) in [6.45, 7) is 4.10. The van der Waals surface area contributed by atoms with E-state index in [0.29, 0.717) is 0 Å². The van der Waals surface area contributed by atoms with Crippen LogP contribution in [-0.4, -0.2) is 12.8 Å². The highest BCUT2D eigenvalue weighted by Gasteiger charge is 1.98. The minimum atomic E-state index is 0.758. The largest absolute Gasteiger partial charge is 0.313 e. The van der Waals surface area contributed by atoms with Crippen LogP contribution in [0, 0.1) is 0 Å². The van der Waals surface area contributed by atoms with Gasteiger partial charge in [-0.3, -0.25) is 4.79 Å². The van der Waals surface area contributed by atoms with Gasteiger partial charge in [-0.15, -0.1) is 0 Å². The van der Waals surface area contributed by atoms with E-state index in [2.05, 4.69) is 54.7 Å². The zero-order valence-corrected chi connectivity index (χ0v) is 15.0. The van der Waals surface area contributed by atoms with Crippen LogP contribution < -0.4 is 5.32 Å². The molecule has 4 aromatic rings. The summed E-state index contributed by atoms with van der Waals surface area (Å²) in [6.07, 6.45) is 0.891. The van der Waals surface area contributed by atoms with Gasteiger partial charge in [-0.1, -0.05) is 91.9 Å². The van der Waals surface area contributed by atoms with Crippen molar-refractivity contribution in [2.45, 2.75) is 13.5 Å². The van der Waals surface area contributed by atoms with Crippen molar-refractivity contribution >= 4 is 27.8 Å². The first-order chi connectivity index (χ1) is 12.8. The molecule has 0 atom stereocenters. The third-order valence-electron chi connectivity index (χ3n) is 4.40. The summed E-state index contributed by atoms with van der Waals surface area (Å²) < 4.78 is 0. The molecule has 0 heterocycles. The van der Waals surface area contributed by atoms with E-state index < -0.39 is 0 Å². The molecule has 0 saturated heterocycles. The summed E-state index contributed by atoms with van der Waals surface area (Å²) in [4.78, 5) is 10.6. The van der Waals surface area contributed by atoms with Crippen molar-refractivity contribution in [3.05, 3.63) is 96.1 Å². The Balaban J connectivity index is 0.000000152. The summed E-state index contributed by atoms with van der Waals surface area (Å²) in [5, 5.41) is 8.17. The number of rotatable bonds is 4. The van der Waals surface area contributed by atoms with Crippen molar-refractivity contribution in [3.63, 3.8) is 0 Å². The molecule has 0 bridgehead atoms. The molecule has 26 heavy (non-hydrogen) atoms. The van der Waals surface area contributed by atoms with Crippen LogP contribution in [0.4, 0.5) is 0 Å². The Kier molecular flexibility index (Phi) is 6.13. The van der Waals surface area contributed by atoms with Crippen LogP contribution in [0.25, 0.3) is 21.5 Å². The second kappa shape index (κ2) is 8.93. The first kappa shape index (κ1) is 17.8. The van der Waals surface area contributed by atoms with Crippen molar-refractivity contribution in [1.82, 2.24) is 5.32 Å². The first-order valence-corrected chi connectivity index (χ1v) is 8.93. The Morgan fingerprint density at radius 1 is 0.731 bits per heavy atom. The highest BCUT2D eigenvalue weighted by atomic mass is 16.1. The van der Waals surface area contributed by atoms with Crippen LogP contribution in [0.2, 0.25) is 0 Å². The molecule has 0 saturated carbocycles. The van der Waals surface area contributed by atoms with E-state index in [1.54, 1.807) is 0 Å². The van der Waals surface area contributed by atoms with Crippen molar-refractivity contribution in [1.29, 1.82) is 0 Å². The van der Waals surface area contributed by atoms with Crippen LogP contribution in [0.1, 0.15) is 22.8 Å². The standard InChI is InChI=1S/C13H15N.C11H8O/c1-2-14-10-12-8-5-7-11-6-3-4-9-13(11)12;12-8-10-6-3-5-9-4-1-2-7-11(9)10/h3-9,14H,2,10H2,1H3;1-8H. The molecule has 1 N–H and O–H groups in total. The predicted octanol–water partition coefficient (Wildman–Crippen LogP) is 5.60. The summed E-state index contributed by atoms with van der Waals surface area (Å²) in [7, 11) is 0.